The number of benzene rings is 1. The summed E-state index contributed by atoms with van der Waals surface area (Å²) in [6, 6.07) is 7.82. The summed E-state index contributed by atoms with van der Waals surface area (Å²) in [6.07, 6.45) is 1.19. The Kier molecular flexibility index (Phi) is 7.10. The Bertz CT molecular complexity index is 719. The number of aryl methyl sites for hydroxylation is 1. The van der Waals surface area contributed by atoms with Gasteiger partial charge in [0.2, 0.25) is 0 Å². The monoisotopic (exact) mass is 362 g/mol. The Morgan fingerprint density at radius 1 is 1.31 bits per heavy atom. The van der Waals surface area contributed by atoms with Crippen LogP contribution in [0.15, 0.2) is 36.5 Å². The van der Waals surface area contributed by atoms with Gasteiger partial charge in [-0.1, -0.05) is 35.5 Å². The molecule has 0 saturated carbocycles. The molecule has 0 bridgehead atoms. The van der Waals surface area contributed by atoms with Gasteiger partial charge in [0.15, 0.2) is 6.04 Å². The molecule has 1 aromatic carbocycles. The highest BCUT2D eigenvalue weighted by molar-refractivity contribution is 5.80. The highest BCUT2D eigenvalue weighted by Crippen LogP contribution is 2.20. The number of rotatable bonds is 9. The summed E-state index contributed by atoms with van der Waals surface area (Å²) in [4.78, 5) is 25.2. The smallest absolute Gasteiger partial charge is 0.411 e. The van der Waals surface area contributed by atoms with Gasteiger partial charge in [-0.15, -0.1) is 5.10 Å². The number of carboxylic acids is 1. The maximum absolute atomic E-state index is 12.4. The number of aromatic nitrogens is 3. The number of carbonyl (C=O) groups is 2. The lowest BCUT2D eigenvalue weighted by molar-refractivity contribution is -0.143. The predicted octanol–water partition coefficient (Wildman–Crippen LogP) is 1.44. The van der Waals surface area contributed by atoms with E-state index in [4.69, 9.17) is 9.84 Å². The van der Waals surface area contributed by atoms with Gasteiger partial charge in [0.05, 0.1) is 6.20 Å². The number of amides is 1. The van der Waals surface area contributed by atoms with Crippen molar-refractivity contribution in [3.8, 4) is 0 Å². The normalized spacial score (nSPS) is 11.8. The maximum atomic E-state index is 12.4. The van der Waals surface area contributed by atoms with Crippen molar-refractivity contribution in [2.75, 3.05) is 13.2 Å². The third-order valence-corrected chi connectivity index (χ3v) is 3.71. The largest absolute Gasteiger partial charge is 0.479 e. The van der Waals surface area contributed by atoms with E-state index in [-0.39, 0.29) is 25.5 Å². The van der Waals surface area contributed by atoms with Gasteiger partial charge in [-0.3, -0.25) is 9.58 Å². The fourth-order valence-electron chi connectivity index (χ4n) is 2.42. The Morgan fingerprint density at radius 2 is 2.04 bits per heavy atom. The van der Waals surface area contributed by atoms with Gasteiger partial charge in [0, 0.05) is 19.7 Å². The molecule has 0 saturated heterocycles. The quantitative estimate of drug-likeness (QED) is 0.693. The van der Waals surface area contributed by atoms with E-state index in [1.807, 2.05) is 30.3 Å². The number of aliphatic hydroxyl groups is 1. The molecule has 2 N–H and O–H groups in total. The molecule has 1 atom stereocenters. The summed E-state index contributed by atoms with van der Waals surface area (Å²) in [6.45, 7) is 2.24. The van der Waals surface area contributed by atoms with Crippen molar-refractivity contribution in [3.63, 3.8) is 0 Å². The molecule has 0 spiro atoms. The molecule has 0 aliphatic rings. The van der Waals surface area contributed by atoms with Crippen molar-refractivity contribution in [2.24, 2.45) is 0 Å². The van der Waals surface area contributed by atoms with Gasteiger partial charge >= 0.3 is 12.1 Å². The lowest BCUT2D eigenvalue weighted by atomic mass is 10.2. The van der Waals surface area contributed by atoms with Crippen molar-refractivity contribution >= 4 is 12.1 Å². The van der Waals surface area contributed by atoms with E-state index >= 15 is 0 Å². The number of carbonyl (C=O) groups excluding carboxylic acids is 1. The Labute approximate surface area is 150 Å². The number of hydrogen-bond acceptors (Lipinski definition) is 6. The summed E-state index contributed by atoms with van der Waals surface area (Å²) < 4.78 is 6.68. The van der Waals surface area contributed by atoms with E-state index in [2.05, 4.69) is 10.3 Å². The van der Waals surface area contributed by atoms with Crippen LogP contribution in [0.3, 0.4) is 0 Å². The second-order valence-corrected chi connectivity index (χ2v) is 5.55. The molecule has 140 valence electrons. The first-order chi connectivity index (χ1) is 12.6. The van der Waals surface area contributed by atoms with E-state index in [1.165, 1.54) is 10.9 Å². The molecule has 2 aromatic rings. The molecule has 0 aliphatic heterocycles. The number of carboxylic acid groups (broad SMARTS) is 1. The van der Waals surface area contributed by atoms with Crippen LogP contribution in [0.4, 0.5) is 4.79 Å². The molecule has 0 fully saturated rings. The van der Waals surface area contributed by atoms with E-state index < -0.39 is 18.1 Å². The Hall–Kier alpha value is -2.94. The minimum Gasteiger partial charge on any atom is -0.479 e. The van der Waals surface area contributed by atoms with Crippen LogP contribution in [-0.4, -0.2) is 55.3 Å². The van der Waals surface area contributed by atoms with E-state index in [1.54, 1.807) is 6.92 Å². The standard InChI is InChI=1S/C17H22N4O5/c1-2-21(17(25)26-12-13-7-4-3-5-8-13)15(16(23)24)14-11-20(19-18-14)9-6-10-22/h3-5,7-8,11,15,22H,2,6,9-10,12H2,1H3,(H,23,24). The maximum Gasteiger partial charge on any atom is 0.411 e. The van der Waals surface area contributed by atoms with Crippen LogP contribution in [0.5, 0.6) is 0 Å². The average Bonchev–Trinajstić information content (AvgIpc) is 3.11. The SMILES string of the molecule is CCN(C(=O)OCc1ccccc1)C(C(=O)O)c1cn(CCCO)nn1. The second-order valence-electron chi connectivity index (χ2n) is 5.55. The molecule has 0 radical (unpaired) electrons. The Morgan fingerprint density at radius 3 is 2.65 bits per heavy atom. The van der Waals surface area contributed by atoms with Crippen LogP contribution in [-0.2, 0) is 22.7 Å². The van der Waals surface area contributed by atoms with Crippen molar-refractivity contribution in [1.29, 1.82) is 0 Å². The zero-order valence-electron chi connectivity index (χ0n) is 14.5. The zero-order chi connectivity index (χ0) is 18.9. The van der Waals surface area contributed by atoms with Gasteiger partial charge in [-0.05, 0) is 18.9 Å². The lowest BCUT2D eigenvalue weighted by Crippen LogP contribution is -2.39. The predicted molar refractivity (Wildman–Crippen MR) is 91.1 cm³/mol. The van der Waals surface area contributed by atoms with Crippen molar-refractivity contribution in [3.05, 3.63) is 47.8 Å². The molecular formula is C17H22N4O5. The van der Waals surface area contributed by atoms with Crippen LogP contribution < -0.4 is 0 Å². The van der Waals surface area contributed by atoms with Crippen LogP contribution in [0.2, 0.25) is 0 Å². The van der Waals surface area contributed by atoms with Gasteiger partial charge in [0.25, 0.3) is 0 Å². The molecule has 26 heavy (non-hydrogen) atoms. The molecule has 1 aromatic heterocycles. The summed E-state index contributed by atoms with van der Waals surface area (Å²) in [5, 5.41) is 26.1. The highest BCUT2D eigenvalue weighted by Gasteiger charge is 2.33. The first-order valence-electron chi connectivity index (χ1n) is 8.27. The first kappa shape index (κ1) is 19.4. The van der Waals surface area contributed by atoms with Gasteiger partial charge in [-0.25, -0.2) is 9.59 Å². The summed E-state index contributed by atoms with van der Waals surface area (Å²) in [5.41, 5.74) is 0.938. The fourth-order valence-corrected chi connectivity index (χ4v) is 2.42. The minimum atomic E-state index is -1.30. The zero-order valence-corrected chi connectivity index (χ0v) is 14.5. The Balaban J connectivity index is 2.10. The second kappa shape index (κ2) is 9.52. The van der Waals surface area contributed by atoms with Crippen LogP contribution >= 0.6 is 0 Å². The van der Waals surface area contributed by atoms with Gasteiger partial charge < -0.3 is 14.9 Å². The third-order valence-electron chi connectivity index (χ3n) is 3.71. The highest BCUT2D eigenvalue weighted by atomic mass is 16.6. The molecular weight excluding hydrogens is 340 g/mol. The van der Waals surface area contributed by atoms with E-state index in [0.29, 0.717) is 13.0 Å². The molecule has 1 unspecified atom stereocenters. The lowest BCUT2D eigenvalue weighted by Gasteiger charge is -2.25. The van der Waals surface area contributed by atoms with Crippen molar-refractivity contribution < 1.29 is 24.5 Å². The summed E-state index contributed by atoms with van der Waals surface area (Å²) in [5.74, 6) is -1.22. The number of aliphatic hydroxyl groups excluding tert-OH is 1. The van der Waals surface area contributed by atoms with E-state index in [9.17, 15) is 14.7 Å². The number of nitrogens with zero attached hydrogens (tertiary/aromatic N) is 4. The van der Waals surface area contributed by atoms with Crippen LogP contribution in [0.1, 0.15) is 30.6 Å². The molecule has 9 nitrogen and oxygen atoms in total. The summed E-state index contributed by atoms with van der Waals surface area (Å²) >= 11 is 0. The number of ether oxygens (including phenoxy) is 1. The number of hydrogen-bond donors (Lipinski definition) is 2. The molecule has 1 heterocycles. The molecule has 0 aliphatic carbocycles. The molecule has 2 rings (SSSR count). The fraction of sp³-hybridized carbons (Fsp3) is 0.412. The first-order valence-corrected chi connectivity index (χ1v) is 8.27. The van der Waals surface area contributed by atoms with Crippen LogP contribution in [0, 0.1) is 0 Å². The average molecular weight is 362 g/mol. The van der Waals surface area contributed by atoms with Crippen LogP contribution in [0.25, 0.3) is 0 Å². The summed E-state index contributed by atoms with van der Waals surface area (Å²) in [7, 11) is 0. The number of likely N-dealkylation sites (N-methyl/N-ethyl adjacent to an activating group) is 1. The minimum absolute atomic E-state index is 0.00947. The molecule has 1 amide bonds. The van der Waals surface area contributed by atoms with E-state index in [0.717, 1.165) is 10.5 Å². The third kappa shape index (κ3) is 5.03. The van der Waals surface area contributed by atoms with Crippen molar-refractivity contribution in [2.45, 2.75) is 32.5 Å². The number of aliphatic carboxylic acids is 1. The topological polar surface area (TPSA) is 118 Å². The van der Waals surface area contributed by atoms with Gasteiger partial charge in [0.1, 0.15) is 12.3 Å². The molecule has 9 heteroatoms. The van der Waals surface area contributed by atoms with Crippen molar-refractivity contribution in [1.82, 2.24) is 19.9 Å². The van der Waals surface area contributed by atoms with Gasteiger partial charge in [-0.2, -0.15) is 0 Å².